The molecule has 0 saturated heterocycles. The smallest absolute Gasteiger partial charge is 0.156 e. The lowest BCUT2D eigenvalue weighted by Gasteiger charge is -2.13. The van der Waals surface area contributed by atoms with Crippen LogP contribution in [0.15, 0.2) is 47.0 Å². The van der Waals surface area contributed by atoms with Crippen LogP contribution in [0.2, 0.25) is 10.0 Å². The molecule has 2 aromatic rings. The SMILES string of the molecule is CC(C)Oc1cccc(OCCCCOc2c(Cl)cc(OCC=C(Cl)Cl)cc2Cl)c1. The molecule has 0 bridgehead atoms. The number of halogens is 4. The maximum atomic E-state index is 6.25. The van der Waals surface area contributed by atoms with Gasteiger partial charge in [-0.2, -0.15) is 0 Å². The number of hydrogen-bond acceptors (Lipinski definition) is 4. The second kappa shape index (κ2) is 13.1. The second-order valence-electron chi connectivity index (χ2n) is 6.57. The minimum Gasteiger partial charge on any atom is -0.493 e. The van der Waals surface area contributed by atoms with Crippen LogP contribution in [0, 0.1) is 0 Å². The molecule has 2 rings (SSSR count). The largest absolute Gasteiger partial charge is 0.493 e. The summed E-state index contributed by atoms with van der Waals surface area (Å²) in [4.78, 5) is 0. The van der Waals surface area contributed by atoms with Gasteiger partial charge in [-0.15, -0.1) is 0 Å². The average molecular weight is 494 g/mol. The third-order valence-electron chi connectivity index (χ3n) is 3.69. The molecule has 0 unspecified atom stereocenters. The number of rotatable bonds is 12. The molecule has 0 spiro atoms. The Bertz CT molecular complexity index is 813. The van der Waals surface area contributed by atoms with Crippen LogP contribution in [0.25, 0.3) is 0 Å². The lowest BCUT2D eigenvalue weighted by atomic mass is 10.3. The minimum absolute atomic E-state index is 0.123. The van der Waals surface area contributed by atoms with Crippen LogP contribution >= 0.6 is 46.4 Å². The molecule has 4 nitrogen and oxygen atoms in total. The first-order valence-electron chi connectivity index (χ1n) is 9.50. The Morgan fingerprint density at radius 2 is 1.50 bits per heavy atom. The average Bonchev–Trinajstić information content (AvgIpc) is 2.65. The first-order chi connectivity index (χ1) is 14.3. The summed E-state index contributed by atoms with van der Waals surface area (Å²) >= 11 is 23.6. The highest BCUT2D eigenvalue weighted by Crippen LogP contribution is 2.37. The zero-order chi connectivity index (χ0) is 21.9. The zero-order valence-electron chi connectivity index (χ0n) is 16.8. The number of ether oxygens (including phenoxy) is 4. The molecule has 8 heteroatoms. The predicted molar refractivity (Wildman–Crippen MR) is 124 cm³/mol. The van der Waals surface area contributed by atoms with Gasteiger partial charge in [0.05, 0.1) is 29.4 Å². The van der Waals surface area contributed by atoms with E-state index in [-0.39, 0.29) is 17.2 Å². The maximum absolute atomic E-state index is 6.25. The number of unbranched alkanes of at least 4 members (excludes halogenated alkanes) is 1. The second-order valence-corrected chi connectivity index (χ2v) is 8.39. The van der Waals surface area contributed by atoms with Gasteiger partial charge in [-0.05, 0) is 44.9 Å². The summed E-state index contributed by atoms with van der Waals surface area (Å²) in [5, 5.41) is 0.744. The summed E-state index contributed by atoms with van der Waals surface area (Å²) in [6.45, 7) is 5.22. The molecule has 0 radical (unpaired) electrons. The van der Waals surface area contributed by atoms with Gasteiger partial charge >= 0.3 is 0 Å². The van der Waals surface area contributed by atoms with Crippen molar-refractivity contribution in [1.82, 2.24) is 0 Å². The van der Waals surface area contributed by atoms with Gasteiger partial charge in [0.15, 0.2) is 5.75 Å². The van der Waals surface area contributed by atoms with Gasteiger partial charge < -0.3 is 18.9 Å². The monoisotopic (exact) mass is 492 g/mol. The van der Waals surface area contributed by atoms with Crippen molar-refractivity contribution in [3.63, 3.8) is 0 Å². The Morgan fingerprint density at radius 3 is 2.13 bits per heavy atom. The molecule has 0 atom stereocenters. The fraction of sp³-hybridized carbons (Fsp3) is 0.364. The molecule has 0 N–H and O–H groups in total. The van der Waals surface area contributed by atoms with Crippen LogP contribution in [0.5, 0.6) is 23.0 Å². The van der Waals surface area contributed by atoms with Crippen molar-refractivity contribution in [2.24, 2.45) is 0 Å². The first-order valence-corrected chi connectivity index (χ1v) is 11.0. The molecule has 0 saturated carbocycles. The van der Waals surface area contributed by atoms with Crippen molar-refractivity contribution >= 4 is 46.4 Å². The highest BCUT2D eigenvalue weighted by Gasteiger charge is 2.10. The van der Waals surface area contributed by atoms with E-state index in [0.717, 1.165) is 24.3 Å². The third kappa shape index (κ3) is 9.13. The fourth-order valence-electron chi connectivity index (χ4n) is 2.44. The molecule has 0 amide bonds. The van der Waals surface area contributed by atoms with Crippen molar-refractivity contribution in [3.05, 3.63) is 57.0 Å². The zero-order valence-corrected chi connectivity index (χ0v) is 19.8. The standard InChI is InChI=1S/C22H24Cl4O4/c1-15(2)30-17-7-5-6-16(12-17)27-9-3-4-10-29-22-19(23)13-18(14-20(22)24)28-11-8-21(25)26/h5-8,12-15H,3-4,9-11H2,1-2H3. The molecular formula is C22H24Cl4O4. The summed E-state index contributed by atoms with van der Waals surface area (Å²) in [6, 6.07) is 10.9. The number of hydrogen-bond donors (Lipinski definition) is 0. The van der Waals surface area contributed by atoms with Crippen LogP contribution in [0.3, 0.4) is 0 Å². The van der Waals surface area contributed by atoms with Crippen molar-refractivity contribution in [1.29, 1.82) is 0 Å². The Labute approximate surface area is 197 Å². The molecule has 30 heavy (non-hydrogen) atoms. The Kier molecular flexibility index (Phi) is 10.8. The van der Waals surface area contributed by atoms with Crippen LogP contribution in [-0.4, -0.2) is 25.9 Å². The van der Waals surface area contributed by atoms with E-state index < -0.39 is 0 Å². The highest BCUT2D eigenvalue weighted by atomic mass is 35.5. The Morgan fingerprint density at radius 1 is 0.867 bits per heavy atom. The summed E-state index contributed by atoms with van der Waals surface area (Å²) in [5.41, 5.74) is 0. The molecular weight excluding hydrogens is 470 g/mol. The molecule has 0 aliphatic heterocycles. The van der Waals surface area contributed by atoms with E-state index >= 15 is 0 Å². The summed E-state index contributed by atoms with van der Waals surface area (Å²) in [6.07, 6.45) is 3.24. The summed E-state index contributed by atoms with van der Waals surface area (Å²) in [5.74, 6) is 2.50. The third-order valence-corrected chi connectivity index (χ3v) is 4.56. The predicted octanol–water partition coefficient (Wildman–Crippen LogP) is 7.72. The van der Waals surface area contributed by atoms with Gasteiger partial charge in [0, 0.05) is 18.2 Å². The van der Waals surface area contributed by atoms with E-state index in [2.05, 4.69) is 0 Å². The quantitative estimate of drug-likeness (QED) is 0.283. The van der Waals surface area contributed by atoms with Crippen molar-refractivity contribution in [2.75, 3.05) is 19.8 Å². The van der Waals surface area contributed by atoms with E-state index in [0.29, 0.717) is 34.8 Å². The molecule has 0 aromatic heterocycles. The molecule has 0 aliphatic carbocycles. The normalized spacial score (nSPS) is 10.6. The van der Waals surface area contributed by atoms with Gasteiger partial charge in [0.1, 0.15) is 28.3 Å². The molecule has 0 aliphatic rings. The van der Waals surface area contributed by atoms with Crippen LogP contribution in [0.1, 0.15) is 26.7 Å². The van der Waals surface area contributed by atoms with Gasteiger partial charge in [-0.1, -0.05) is 52.5 Å². The fourth-order valence-corrected chi connectivity index (χ4v) is 3.14. The number of benzene rings is 2. The van der Waals surface area contributed by atoms with Crippen LogP contribution in [0.4, 0.5) is 0 Å². The Balaban J connectivity index is 1.73. The summed E-state index contributed by atoms with van der Waals surface area (Å²) < 4.78 is 22.8. The molecule has 0 fully saturated rings. The van der Waals surface area contributed by atoms with Gasteiger partial charge in [-0.3, -0.25) is 0 Å². The highest BCUT2D eigenvalue weighted by molar-refractivity contribution is 6.55. The van der Waals surface area contributed by atoms with Crippen molar-refractivity contribution in [2.45, 2.75) is 32.8 Å². The van der Waals surface area contributed by atoms with E-state index in [1.54, 1.807) is 12.1 Å². The van der Waals surface area contributed by atoms with Crippen LogP contribution < -0.4 is 18.9 Å². The molecule has 164 valence electrons. The van der Waals surface area contributed by atoms with E-state index in [9.17, 15) is 0 Å². The topological polar surface area (TPSA) is 36.9 Å². The van der Waals surface area contributed by atoms with Crippen molar-refractivity contribution < 1.29 is 18.9 Å². The lowest BCUT2D eigenvalue weighted by molar-refractivity contribution is 0.238. The van der Waals surface area contributed by atoms with Crippen molar-refractivity contribution in [3.8, 4) is 23.0 Å². The van der Waals surface area contributed by atoms with Gasteiger partial charge in [0.2, 0.25) is 0 Å². The van der Waals surface area contributed by atoms with Crippen LogP contribution in [-0.2, 0) is 0 Å². The minimum atomic E-state index is 0.123. The van der Waals surface area contributed by atoms with Gasteiger partial charge in [0.25, 0.3) is 0 Å². The van der Waals surface area contributed by atoms with E-state index in [1.807, 2.05) is 38.1 Å². The maximum Gasteiger partial charge on any atom is 0.156 e. The van der Waals surface area contributed by atoms with E-state index in [4.69, 9.17) is 65.4 Å². The van der Waals surface area contributed by atoms with Gasteiger partial charge in [-0.25, -0.2) is 0 Å². The lowest BCUT2D eigenvalue weighted by Crippen LogP contribution is -2.06. The summed E-state index contributed by atoms with van der Waals surface area (Å²) in [7, 11) is 0. The molecule has 0 heterocycles. The first kappa shape index (κ1) is 24.8. The van der Waals surface area contributed by atoms with E-state index in [1.165, 1.54) is 6.08 Å². The Hall–Kier alpha value is -1.46. The molecule has 2 aromatic carbocycles.